The average Bonchev–Trinajstić information content (AvgIpc) is 2.92. The molecule has 0 aliphatic heterocycles. The Bertz CT molecular complexity index is 958. The molecule has 0 bridgehead atoms. The fraction of sp³-hybridized carbons (Fsp3) is 0.125. The summed E-state index contributed by atoms with van der Waals surface area (Å²) in [4.78, 5) is 0. The third-order valence-electron chi connectivity index (χ3n) is 3.54. The lowest BCUT2D eigenvalue weighted by Gasteiger charge is -2.12. The summed E-state index contributed by atoms with van der Waals surface area (Å²) in [6, 6.07) is 5.70. The molecule has 0 saturated carbocycles. The predicted molar refractivity (Wildman–Crippen MR) is 88.4 cm³/mol. The van der Waals surface area contributed by atoms with Crippen LogP contribution in [0.25, 0.3) is 22.8 Å². The predicted octanol–water partition coefficient (Wildman–Crippen LogP) is 5.34. The van der Waals surface area contributed by atoms with Crippen molar-refractivity contribution >= 4 is 23.2 Å². The number of hydrogen-bond donors (Lipinski definition) is 0. The average molecular weight is 406 g/mol. The van der Waals surface area contributed by atoms with Gasteiger partial charge in [-0.2, -0.15) is 8.78 Å². The van der Waals surface area contributed by atoms with Gasteiger partial charge in [-0.05, 0) is 18.2 Å². The maximum absolute atomic E-state index is 14.0. The van der Waals surface area contributed by atoms with Gasteiger partial charge in [0.25, 0.3) is 0 Å². The van der Waals surface area contributed by atoms with Crippen LogP contribution in [0.5, 0.6) is 5.75 Å². The van der Waals surface area contributed by atoms with E-state index in [-0.39, 0.29) is 33.0 Å². The molecule has 4 nitrogen and oxygen atoms in total. The van der Waals surface area contributed by atoms with Gasteiger partial charge in [0.1, 0.15) is 17.4 Å². The Labute approximate surface area is 154 Å². The van der Waals surface area contributed by atoms with Crippen LogP contribution < -0.4 is 4.74 Å². The molecule has 1 heterocycles. The molecule has 0 aliphatic rings. The lowest BCUT2D eigenvalue weighted by atomic mass is 10.1. The molecule has 0 atom stereocenters. The minimum Gasteiger partial charge on any atom is -0.434 e. The molecule has 0 aliphatic carbocycles. The first-order chi connectivity index (χ1) is 12.3. The van der Waals surface area contributed by atoms with Crippen molar-refractivity contribution in [1.29, 1.82) is 0 Å². The smallest absolute Gasteiger partial charge is 0.387 e. The van der Waals surface area contributed by atoms with Crippen molar-refractivity contribution in [2.45, 2.75) is 6.61 Å². The van der Waals surface area contributed by atoms with Crippen LogP contribution in [0.1, 0.15) is 0 Å². The van der Waals surface area contributed by atoms with Gasteiger partial charge in [0.2, 0.25) is 0 Å². The summed E-state index contributed by atoms with van der Waals surface area (Å²) in [7, 11) is 1.42. The fourth-order valence-electron chi connectivity index (χ4n) is 2.39. The van der Waals surface area contributed by atoms with Crippen LogP contribution in [0.4, 0.5) is 17.6 Å². The summed E-state index contributed by atoms with van der Waals surface area (Å²) < 4.78 is 59.1. The van der Waals surface area contributed by atoms with Crippen LogP contribution in [-0.4, -0.2) is 21.4 Å². The number of benzene rings is 2. The highest BCUT2D eigenvalue weighted by Crippen LogP contribution is 2.38. The number of rotatable bonds is 4. The van der Waals surface area contributed by atoms with Crippen molar-refractivity contribution in [3.05, 3.63) is 52.0 Å². The molecule has 3 rings (SSSR count). The monoisotopic (exact) mass is 405 g/mol. The van der Waals surface area contributed by atoms with Gasteiger partial charge in [-0.3, -0.25) is 0 Å². The van der Waals surface area contributed by atoms with E-state index in [0.29, 0.717) is 0 Å². The fourth-order valence-corrected chi connectivity index (χ4v) is 2.71. The molecular weight excluding hydrogens is 397 g/mol. The first-order valence-electron chi connectivity index (χ1n) is 7.07. The van der Waals surface area contributed by atoms with Crippen LogP contribution in [-0.2, 0) is 7.05 Å². The minimum atomic E-state index is -3.12. The lowest BCUT2D eigenvalue weighted by molar-refractivity contribution is -0.0494. The third-order valence-corrected chi connectivity index (χ3v) is 4.26. The van der Waals surface area contributed by atoms with Crippen LogP contribution >= 0.6 is 23.2 Å². The Morgan fingerprint density at radius 3 is 2.19 bits per heavy atom. The number of nitrogens with zero attached hydrogens (tertiary/aromatic N) is 3. The van der Waals surface area contributed by atoms with E-state index < -0.39 is 23.8 Å². The molecule has 136 valence electrons. The summed E-state index contributed by atoms with van der Waals surface area (Å²) in [5, 5.41) is 7.66. The van der Waals surface area contributed by atoms with Crippen LogP contribution in [0, 0.1) is 11.6 Å². The van der Waals surface area contributed by atoms with Crippen molar-refractivity contribution in [3.63, 3.8) is 0 Å². The highest BCUT2D eigenvalue weighted by Gasteiger charge is 2.23. The van der Waals surface area contributed by atoms with Crippen LogP contribution in [0.15, 0.2) is 30.3 Å². The number of halogens is 6. The molecule has 0 radical (unpaired) electrons. The standard InChI is InChI=1S/C16H9Cl2F4N3O/c1-25-14(7-5-8(17)9(18)6-12(7)26-16(21)22)23-24-15(25)13-10(19)3-2-4-11(13)20/h2-6,16H,1H3. The van der Waals surface area contributed by atoms with E-state index in [4.69, 9.17) is 23.2 Å². The second-order valence-electron chi connectivity index (χ2n) is 5.14. The topological polar surface area (TPSA) is 39.9 Å². The Hall–Kier alpha value is -2.32. The number of alkyl halides is 2. The van der Waals surface area contributed by atoms with Crippen molar-refractivity contribution in [2.75, 3.05) is 0 Å². The maximum Gasteiger partial charge on any atom is 0.387 e. The van der Waals surface area contributed by atoms with E-state index in [0.717, 1.165) is 18.2 Å². The van der Waals surface area contributed by atoms with Crippen LogP contribution in [0.2, 0.25) is 10.0 Å². The number of hydrogen-bond acceptors (Lipinski definition) is 3. The van der Waals surface area contributed by atoms with Gasteiger partial charge >= 0.3 is 6.61 Å². The summed E-state index contributed by atoms with van der Waals surface area (Å²) >= 11 is 11.8. The van der Waals surface area contributed by atoms with E-state index in [1.54, 1.807) is 0 Å². The van der Waals surface area contributed by atoms with Gasteiger partial charge in [-0.15, -0.1) is 10.2 Å². The zero-order chi connectivity index (χ0) is 19.0. The molecule has 0 spiro atoms. The largest absolute Gasteiger partial charge is 0.434 e. The van der Waals surface area contributed by atoms with E-state index in [9.17, 15) is 17.6 Å². The molecule has 2 aromatic carbocycles. The van der Waals surface area contributed by atoms with Gasteiger partial charge in [-0.25, -0.2) is 8.78 Å². The van der Waals surface area contributed by atoms with E-state index in [1.807, 2.05) is 0 Å². The second kappa shape index (κ2) is 7.13. The molecule has 0 amide bonds. The first kappa shape index (κ1) is 18.5. The Kier molecular flexibility index (Phi) is 5.06. The maximum atomic E-state index is 14.0. The molecule has 26 heavy (non-hydrogen) atoms. The van der Waals surface area contributed by atoms with E-state index >= 15 is 0 Å². The van der Waals surface area contributed by atoms with Crippen molar-refractivity contribution in [3.8, 4) is 28.5 Å². The van der Waals surface area contributed by atoms with Crippen LogP contribution in [0.3, 0.4) is 0 Å². The molecule has 0 fully saturated rings. The summed E-state index contributed by atoms with van der Waals surface area (Å²) in [6.07, 6.45) is 0. The molecule has 1 aromatic heterocycles. The van der Waals surface area contributed by atoms with Crippen molar-refractivity contribution < 1.29 is 22.3 Å². The quantitative estimate of drug-likeness (QED) is 0.550. The Morgan fingerprint density at radius 1 is 1.00 bits per heavy atom. The summed E-state index contributed by atoms with van der Waals surface area (Å²) in [5.74, 6) is -2.11. The van der Waals surface area contributed by atoms with Crippen molar-refractivity contribution in [1.82, 2.24) is 14.8 Å². The molecule has 0 unspecified atom stereocenters. The van der Waals surface area contributed by atoms with Gasteiger partial charge in [0.15, 0.2) is 11.6 Å². The lowest BCUT2D eigenvalue weighted by Crippen LogP contribution is -2.05. The number of ether oxygens (including phenoxy) is 1. The number of aromatic nitrogens is 3. The van der Waals surface area contributed by atoms with Gasteiger partial charge < -0.3 is 9.30 Å². The molecular formula is C16H9Cl2F4N3O. The molecule has 10 heteroatoms. The first-order valence-corrected chi connectivity index (χ1v) is 7.83. The normalized spacial score (nSPS) is 11.2. The van der Waals surface area contributed by atoms with E-state index in [2.05, 4.69) is 14.9 Å². The Balaban J connectivity index is 2.18. The summed E-state index contributed by atoms with van der Waals surface area (Å²) in [6.45, 7) is -3.12. The van der Waals surface area contributed by atoms with Gasteiger partial charge in [0, 0.05) is 13.1 Å². The summed E-state index contributed by atoms with van der Waals surface area (Å²) in [5.41, 5.74) is -0.358. The van der Waals surface area contributed by atoms with Gasteiger partial charge in [-0.1, -0.05) is 29.3 Å². The highest BCUT2D eigenvalue weighted by molar-refractivity contribution is 6.42. The zero-order valence-corrected chi connectivity index (χ0v) is 14.5. The van der Waals surface area contributed by atoms with Crippen molar-refractivity contribution in [2.24, 2.45) is 7.05 Å². The molecule has 0 N–H and O–H groups in total. The van der Waals surface area contributed by atoms with Gasteiger partial charge in [0.05, 0.1) is 21.2 Å². The van der Waals surface area contributed by atoms with E-state index in [1.165, 1.54) is 23.7 Å². The zero-order valence-electron chi connectivity index (χ0n) is 13.0. The molecule has 3 aromatic rings. The third kappa shape index (κ3) is 3.34. The molecule has 0 saturated heterocycles. The second-order valence-corrected chi connectivity index (χ2v) is 5.96. The Morgan fingerprint density at radius 2 is 1.58 bits per heavy atom. The highest BCUT2D eigenvalue weighted by atomic mass is 35.5. The minimum absolute atomic E-state index is 0.00592. The SMILES string of the molecule is Cn1c(-c2cc(Cl)c(Cl)cc2OC(F)F)nnc1-c1c(F)cccc1F.